The van der Waals surface area contributed by atoms with Gasteiger partial charge in [-0.2, -0.15) is 39.5 Å². The number of ether oxygens (including phenoxy) is 4. The molecule has 3 aromatic carbocycles. The summed E-state index contributed by atoms with van der Waals surface area (Å²) in [6.07, 6.45) is -1.79. The van der Waals surface area contributed by atoms with Crippen LogP contribution in [-0.4, -0.2) is 133 Å². The van der Waals surface area contributed by atoms with Gasteiger partial charge in [0, 0.05) is 72.0 Å². The number of piperidine rings is 6. The number of quaternary nitrogens is 2. The summed E-state index contributed by atoms with van der Waals surface area (Å²) in [5.41, 5.74) is -1.40. The van der Waals surface area contributed by atoms with Crippen molar-refractivity contribution < 1.29 is 107 Å². The van der Waals surface area contributed by atoms with Gasteiger partial charge in [-0.25, -0.2) is 9.59 Å². The van der Waals surface area contributed by atoms with Crippen LogP contribution in [0.25, 0.3) is 11.1 Å². The molecule has 2 aromatic heterocycles. The van der Waals surface area contributed by atoms with E-state index in [4.69, 9.17) is 38.7 Å². The van der Waals surface area contributed by atoms with Crippen LogP contribution in [0.2, 0.25) is 0 Å². The third-order valence-electron chi connectivity index (χ3n) is 18.6. The highest BCUT2D eigenvalue weighted by Gasteiger charge is 2.55. The number of nitrogens with zero attached hydrogens (tertiary/aromatic N) is 2. The number of carboxylic acids is 2. The zero-order valence-electron chi connectivity index (χ0n) is 49.5. The lowest BCUT2D eigenvalue weighted by Gasteiger charge is -2.52. The number of halogens is 9. The van der Waals surface area contributed by atoms with Gasteiger partial charge < -0.3 is 57.9 Å². The third-order valence-corrected chi connectivity index (χ3v) is 20.6. The number of alkyl halides is 9. The standard InChI is InChI=1S/C33H40NO4S.C28H35F3NO4S.2C2HF3O2/c35-32(33(36,28-10-4-5-11-28)31-12-6-23-39-31)38-30-24-34(20-17-27(30)18-21-34)19-7-22-37-29-15-13-26(14-16-29)25-8-2-1-3-9-25;29-28(30,31)22-8-3-9-23(18-22)35-16-5-13-32-14-11-20(12-15-32)24(19-32)36-26(33)27(34,21-6-1-2-7-21)25-10-4-17-37-25;2*3-2(4,5)1(6)7/h1-3,6,8-9,12-16,23,27-28,30,36H,4-5,7,10-11,17-22,24H2;3-4,8-10,17-18,20-21,24,34H,1-2,5-7,11-16,19H2;2*(H,6,7)/q2*+1;;/p-2/t27?,30?,33-,34?;20?,24-,27+,32?;;/m10../s1. The Balaban J connectivity index is 0.000000192. The minimum Gasteiger partial charge on any atom is -0.542 e. The highest BCUT2D eigenvalue weighted by atomic mass is 32.1. The van der Waals surface area contributed by atoms with E-state index in [1.54, 1.807) is 6.07 Å². The van der Waals surface area contributed by atoms with Crippen LogP contribution in [0.4, 0.5) is 39.5 Å². The van der Waals surface area contributed by atoms with Crippen molar-refractivity contribution in [2.75, 3.05) is 65.6 Å². The van der Waals surface area contributed by atoms with Crippen LogP contribution >= 0.6 is 22.7 Å². The fourth-order valence-corrected chi connectivity index (χ4v) is 15.5. The van der Waals surface area contributed by atoms with Gasteiger partial charge in [0.25, 0.3) is 0 Å². The Hall–Kier alpha value is -6.25. The zero-order valence-corrected chi connectivity index (χ0v) is 51.1. The van der Waals surface area contributed by atoms with E-state index in [2.05, 4.69) is 48.5 Å². The van der Waals surface area contributed by atoms with Gasteiger partial charge in [-0.15, -0.1) is 22.7 Å². The molecule has 0 radical (unpaired) electrons. The molecule has 2 saturated carbocycles. The number of carboxylic acid groups (broad SMARTS) is 2. The number of carbonyl (C=O) groups is 4. The van der Waals surface area contributed by atoms with Crippen molar-refractivity contribution in [3.8, 4) is 22.6 Å². The first-order chi connectivity index (χ1) is 42.6. The smallest absolute Gasteiger partial charge is 0.430 e. The Morgan fingerprint density at radius 2 is 0.900 bits per heavy atom. The molecule has 0 spiro atoms. The summed E-state index contributed by atoms with van der Waals surface area (Å²) in [4.78, 5) is 46.2. The van der Waals surface area contributed by atoms with E-state index in [1.165, 1.54) is 39.9 Å². The molecule has 4 bridgehead atoms. The van der Waals surface area contributed by atoms with Gasteiger partial charge >= 0.3 is 30.5 Å². The summed E-state index contributed by atoms with van der Waals surface area (Å²) in [5, 5.41) is 44.9. The van der Waals surface area contributed by atoms with Gasteiger partial charge in [-0.1, -0.05) is 86.3 Å². The predicted octanol–water partition coefficient (Wildman–Crippen LogP) is 10.8. The number of aliphatic hydroxyl groups is 2. The second-order valence-corrected chi connectivity index (χ2v) is 26.2. The zero-order chi connectivity index (χ0) is 65.0. The second-order valence-electron chi connectivity index (χ2n) is 24.3. The minimum absolute atomic E-state index is 0.0493. The molecule has 8 fully saturated rings. The van der Waals surface area contributed by atoms with E-state index in [-0.39, 0.29) is 29.8 Å². The van der Waals surface area contributed by atoms with Crippen LogP contribution in [-0.2, 0) is 46.0 Å². The van der Waals surface area contributed by atoms with Crippen molar-refractivity contribution in [2.24, 2.45) is 23.7 Å². The summed E-state index contributed by atoms with van der Waals surface area (Å²) in [7, 11) is 0. The van der Waals surface area contributed by atoms with E-state index in [1.807, 2.05) is 41.1 Å². The van der Waals surface area contributed by atoms with E-state index in [9.17, 15) is 59.3 Å². The number of esters is 2. The van der Waals surface area contributed by atoms with E-state index >= 15 is 0 Å². The number of thiophene rings is 2. The number of aliphatic carboxylic acids is 2. The summed E-state index contributed by atoms with van der Waals surface area (Å²) in [6.45, 7) is 8.70. The monoisotopic (exact) mass is 1310 g/mol. The number of hydrogen-bond donors (Lipinski definition) is 2. The van der Waals surface area contributed by atoms with Crippen LogP contribution in [0, 0.1) is 23.7 Å². The Morgan fingerprint density at radius 3 is 1.28 bits per heavy atom. The first kappa shape index (κ1) is 69.6. The van der Waals surface area contributed by atoms with Gasteiger partial charge in [-0.3, -0.25) is 0 Å². The fourth-order valence-electron chi connectivity index (χ4n) is 13.7. The van der Waals surface area contributed by atoms with Crippen LogP contribution in [0.3, 0.4) is 0 Å². The minimum atomic E-state index is -5.19. The molecule has 8 aliphatic rings. The van der Waals surface area contributed by atoms with Crippen LogP contribution in [0.15, 0.2) is 114 Å². The van der Waals surface area contributed by atoms with Gasteiger partial charge in [0.1, 0.15) is 36.5 Å². The lowest BCUT2D eigenvalue weighted by molar-refractivity contribution is -0.946. The quantitative estimate of drug-likeness (QED) is 0.0345. The topological polar surface area (TPSA) is 192 Å². The molecular formula is C65H75F9N2O12S2. The maximum Gasteiger partial charge on any atom is 0.430 e. The molecule has 13 rings (SSSR count). The SMILES string of the molecule is O=C(OC1C[N+]2(CCCOc3ccc(-c4ccccc4)cc3)CCC1CC2)[C@](O)(c1cccs1)C1CCCC1.O=C(O[C@H]1C[N+]2(CCCOc3cccc(C(F)(F)F)c3)CCC1CC2)[C@](O)(c1cccs1)C1CCCC1.O=C([O-])C(F)(F)F.O=C([O-])C(F)(F)F. The van der Waals surface area contributed by atoms with Crippen LogP contribution < -0.4 is 19.7 Å². The maximum atomic E-state index is 13.6. The molecule has 14 nitrogen and oxygen atoms in total. The summed E-state index contributed by atoms with van der Waals surface area (Å²) >= 11 is 2.87. The molecule has 6 aliphatic heterocycles. The van der Waals surface area contributed by atoms with Crippen molar-refractivity contribution in [2.45, 2.75) is 132 Å². The molecule has 0 amide bonds. The van der Waals surface area contributed by atoms with Crippen molar-refractivity contribution in [1.29, 1.82) is 0 Å². The van der Waals surface area contributed by atoms with Gasteiger partial charge in [0.05, 0.1) is 58.0 Å². The highest BCUT2D eigenvalue weighted by molar-refractivity contribution is 7.10. The second kappa shape index (κ2) is 30.0. The molecule has 90 heavy (non-hydrogen) atoms. The Labute approximate surface area is 524 Å². The van der Waals surface area contributed by atoms with Crippen molar-refractivity contribution in [3.63, 3.8) is 0 Å². The lowest BCUT2D eigenvalue weighted by Crippen LogP contribution is -2.65. The normalized spacial score (nSPS) is 24.5. The Kier molecular flexibility index (Phi) is 23.2. The van der Waals surface area contributed by atoms with Crippen molar-refractivity contribution in [3.05, 3.63) is 129 Å². The fraction of sp³-hybridized carbons (Fsp3) is 0.538. The molecule has 2 N–H and O–H groups in total. The molecule has 492 valence electrons. The molecular weight excluding hydrogens is 1240 g/mol. The number of rotatable bonds is 19. The molecule has 25 heteroatoms. The number of benzene rings is 3. The Morgan fingerprint density at radius 1 is 0.500 bits per heavy atom. The van der Waals surface area contributed by atoms with Gasteiger partial charge in [0.2, 0.25) is 0 Å². The first-order valence-corrected chi connectivity index (χ1v) is 32.2. The van der Waals surface area contributed by atoms with E-state index in [0.717, 1.165) is 161 Å². The van der Waals surface area contributed by atoms with Gasteiger partial charge in [0.15, 0.2) is 23.4 Å². The molecule has 1 unspecified atom stereocenters. The average Bonchev–Trinajstić information content (AvgIpc) is 1.22. The average molecular weight is 1310 g/mol. The van der Waals surface area contributed by atoms with Crippen LogP contribution in [0.5, 0.6) is 11.5 Å². The molecule has 4 atom stereocenters. The largest absolute Gasteiger partial charge is 0.542 e. The third kappa shape index (κ3) is 17.7. The van der Waals surface area contributed by atoms with Crippen molar-refractivity contribution in [1.82, 2.24) is 0 Å². The van der Waals surface area contributed by atoms with Gasteiger partial charge in [-0.05, 0) is 90.0 Å². The number of hydrogen-bond acceptors (Lipinski definition) is 14. The molecule has 2 aliphatic carbocycles. The Bertz CT molecular complexity index is 3060. The maximum absolute atomic E-state index is 13.6. The van der Waals surface area contributed by atoms with Crippen LogP contribution in [0.1, 0.15) is 105 Å². The highest BCUT2D eigenvalue weighted by Crippen LogP contribution is 2.47. The number of carbonyl (C=O) groups excluding carboxylic acids is 4. The summed E-state index contributed by atoms with van der Waals surface area (Å²) in [6, 6.07) is 31.2. The van der Waals surface area contributed by atoms with Crippen molar-refractivity contribution >= 4 is 46.6 Å². The lowest BCUT2D eigenvalue weighted by atomic mass is 9.82. The molecule has 6 saturated heterocycles. The predicted molar refractivity (Wildman–Crippen MR) is 311 cm³/mol. The summed E-state index contributed by atoms with van der Waals surface area (Å²) in [5.74, 6) is -5.27. The van der Waals surface area contributed by atoms with E-state index < -0.39 is 59.2 Å². The molecule has 8 heterocycles. The first-order valence-electron chi connectivity index (χ1n) is 30.4. The van der Waals surface area contributed by atoms with E-state index in [0.29, 0.717) is 42.9 Å². The summed E-state index contributed by atoms with van der Waals surface area (Å²) < 4.78 is 128. The number of fused-ring (bicyclic) bond motifs is 6. The molecule has 5 aromatic rings.